The fourth-order valence-corrected chi connectivity index (χ4v) is 2.28. The summed E-state index contributed by atoms with van der Waals surface area (Å²) in [7, 11) is 0. The molecule has 19 heavy (non-hydrogen) atoms. The molecule has 0 fully saturated rings. The van der Waals surface area contributed by atoms with Crippen LogP contribution >= 0.6 is 0 Å². The van der Waals surface area contributed by atoms with Crippen LogP contribution in [-0.2, 0) is 17.7 Å². The van der Waals surface area contributed by atoms with Crippen LogP contribution in [-0.4, -0.2) is 41.9 Å². The van der Waals surface area contributed by atoms with Crippen LogP contribution < -0.4 is 10.6 Å². The Morgan fingerprint density at radius 2 is 2.47 bits per heavy atom. The predicted molar refractivity (Wildman–Crippen MR) is 71.9 cm³/mol. The fourth-order valence-electron chi connectivity index (χ4n) is 2.28. The van der Waals surface area contributed by atoms with Gasteiger partial charge in [0.1, 0.15) is 5.82 Å². The number of aryl methyl sites for hydroxylation is 1. The van der Waals surface area contributed by atoms with E-state index in [4.69, 9.17) is 4.74 Å². The van der Waals surface area contributed by atoms with E-state index in [0.717, 1.165) is 25.2 Å². The summed E-state index contributed by atoms with van der Waals surface area (Å²) in [6, 6.07) is -0.115. The number of hydrogen-bond donors (Lipinski definition) is 2. The van der Waals surface area contributed by atoms with Gasteiger partial charge in [0.05, 0.1) is 6.61 Å². The van der Waals surface area contributed by atoms with Gasteiger partial charge >= 0.3 is 6.03 Å². The van der Waals surface area contributed by atoms with Crippen LogP contribution in [0.3, 0.4) is 0 Å². The van der Waals surface area contributed by atoms with E-state index in [1.54, 1.807) is 0 Å². The highest BCUT2D eigenvalue weighted by Gasteiger charge is 2.18. The Hall–Kier alpha value is -1.56. The highest BCUT2D eigenvalue weighted by Crippen LogP contribution is 2.17. The molecule has 1 aliphatic heterocycles. The Morgan fingerprint density at radius 1 is 1.58 bits per heavy atom. The van der Waals surface area contributed by atoms with Crippen molar-refractivity contribution in [1.82, 2.24) is 20.2 Å². The summed E-state index contributed by atoms with van der Waals surface area (Å²) < 4.78 is 7.33. The van der Waals surface area contributed by atoms with E-state index in [1.165, 1.54) is 0 Å². The molecule has 0 saturated heterocycles. The van der Waals surface area contributed by atoms with Gasteiger partial charge in [0.2, 0.25) is 0 Å². The van der Waals surface area contributed by atoms with E-state index in [2.05, 4.69) is 20.2 Å². The van der Waals surface area contributed by atoms with Crippen molar-refractivity contribution in [3.05, 3.63) is 18.2 Å². The Balaban J connectivity index is 1.62. The first kappa shape index (κ1) is 13.9. The topological polar surface area (TPSA) is 68.2 Å². The number of fused-ring (bicyclic) bond motifs is 1. The van der Waals surface area contributed by atoms with Crippen molar-refractivity contribution >= 4 is 6.03 Å². The summed E-state index contributed by atoms with van der Waals surface area (Å²) in [5, 5.41) is 5.69. The minimum absolute atomic E-state index is 0.115. The molecule has 106 valence electrons. The molecular weight excluding hydrogens is 244 g/mol. The lowest BCUT2D eigenvalue weighted by atomic mass is 9.99. The van der Waals surface area contributed by atoms with Crippen molar-refractivity contribution in [2.45, 2.75) is 26.3 Å². The average molecular weight is 266 g/mol. The largest absolute Gasteiger partial charge is 0.380 e. The van der Waals surface area contributed by atoms with Crippen LogP contribution in [0.1, 0.15) is 19.2 Å². The van der Waals surface area contributed by atoms with Gasteiger partial charge in [-0.1, -0.05) is 0 Å². The van der Waals surface area contributed by atoms with E-state index in [-0.39, 0.29) is 6.03 Å². The Morgan fingerprint density at radius 3 is 3.32 bits per heavy atom. The number of rotatable bonds is 6. The highest BCUT2D eigenvalue weighted by molar-refractivity contribution is 5.73. The molecule has 0 radical (unpaired) electrons. The third-order valence-electron chi connectivity index (χ3n) is 3.32. The molecule has 6 heteroatoms. The lowest BCUT2D eigenvalue weighted by Gasteiger charge is -2.24. The second kappa shape index (κ2) is 7.13. The van der Waals surface area contributed by atoms with Crippen molar-refractivity contribution in [2.75, 3.05) is 26.3 Å². The van der Waals surface area contributed by atoms with Crippen molar-refractivity contribution in [3.63, 3.8) is 0 Å². The molecule has 0 saturated carbocycles. The minimum atomic E-state index is -0.115. The Labute approximate surface area is 113 Å². The number of nitrogens with zero attached hydrogens (tertiary/aromatic N) is 2. The molecule has 1 aromatic heterocycles. The quantitative estimate of drug-likeness (QED) is 0.748. The van der Waals surface area contributed by atoms with Crippen LogP contribution in [0.25, 0.3) is 0 Å². The molecule has 2 heterocycles. The van der Waals surface area contributed by atoms with E-state index in [1.807, 2.05) is 19.3 Å². The van der Waals surface area contributed by atoms with Crippen LogP contribution in [0.5, 0.6) is 0 Å². The summed E-state index contributed by atoms with van der Waals surface area (Å²) in [5.41, 5.74) is 0. The standard InChI is InChI=1S/C13H22N4O2/c1-2-19-8-6-15-13(18)16-9-11-3-4-12-14-5-7-17(12)10-11/h5,7,11H,2-4,6,8-10H2,1H3,(H2,15,16,18)/t11-/m1/s1. The average Bonchev–Trinajstić information content (AvgIpc) is 2.89. The number of aromatic nitrogens is 2. The van der Waals surface area contributed by atoms with Crippen LogP contribution in [0.2, 0.25) is 0 Å². The zero-order valence-electron chi connectivity index (χ0n) is 11.4. The lowest BCUT2D eigenvalue weighted by Crippen LogP contribution is -2.41. The Bertz CT molecular complexity index is 405. The van der Waals surface area contributed by atoms with Crippen molar-refractivity contribution < 1.29 is 9.53 Å². The van der Waals surface area contributed by atoms with Crippen molar-refractivity contribution in [3.8, 4) is 0 Å². The number of carbonyl (C=O) groups excluding carboxylic acids is 1. The number of urea groups is 1. The second-order valence-electron chi connectivity index (χ2n) is 4.73. The van der Waals surface area contributed by atoms with Crippen LogP contribution in [0, 0.1) is 5.92 Å². The van der Waals surface area contributed by atoms with Gasteiger partial charge in [-0.3, -0.25) is 0 Å². The van der Waals surface area contributed by atoms with Gasteiger partial charge in [0, 0.05) is 45.1 Å². The molecule has 1 aliphatic rings. The first-order valence-electron chi connectivity index (χ1n) is 6.89. The number of imidazole rings is 1. The van der Waals surface area contributed by atoms with Gasteiger partial charge < -0.3 is 19.9 Å². The van der Waals surface area contributed by atoms with Crippen LogP contribution in [0.15, 0.2) is 12.4 Å². The number of carbonyl (C=O) groups is 1. The Kier molecular flexibility index (Phi) is 5.20. The molecule has 1 atom stereocenters. The van der Waals surface area contributed by atoms with Gasteiger partial charge in [0.15, 0.2) is 0 Å². The summed E-state index contributed by atoms with van der Waals surface area (Å²) in [6.07, 6.45) is 5.91. The molecule has 0 aromatic carbocycles. The zero-order valence-corrected chi connectivity index (χ0v) is 11.4. The van der Waals surface area contributed by atoms with Crippen molar-refractivity contribution in [2.24, 2.45) is 5.92 Å². The van der Waals surface area contributed by atoms with E-state index >= 15 is 0 Å². The molecular formula is C13H22N4O2. The molecule has 0 spiro atoms. The maximum atomic E-state index is 11.5. The molecule has 0 bridgehead atoms. The molecule has 0 aliphatic carbocycles. The smallest absolute Gasteiger partial charge is 0.314 e. The molecule has 2 N–H and O–H groups in total. The number of amides is 2. The predicted octanol–water partition coefficient (Wildman–Crippen LogP) is 0.781. The van der Waals surface area contributed by atoms with Gasteiger partial charge in [-0.25, -0.2) is 9.78 Å². The van der Waals surface area contributed by atoms with Gasteiger partial charge in [-0.15, -0.1) is 0 Å². The first-order valence-corrected chi connectivity index (χ1v) is 6.89. The number of nitrogens with one attached hydrogen (secondary N) is 2. The van der Waals surface area contributed by atoms with Gasteiger partial charge in [-0.05, 0) is 19.3 Å². The summed E-state index contributed by atoms with van der Waals surface area (Å²) >= 11 is 0. The monoisotopic (exact) mass is 266 g/mol. The molecule has 0 unspecified atom stereocenters. The maximum absolute atomic E-state index is 11.5. The molecule has 2 amide bonds. The molecule has 6 nitrogen and oxygen atoms in total. The third kappa shape index (κ3) is 4.24. The molecule has 1 aromatic rings. The van der Waals surface area contributed by atoms with Crippen LogP contribution in [0.4, 0.5) is 4.79 Å². The second-order valence-corrected chi connectivity index (χ2v) is 4.73. The fraction of sp³-hybridized carbons (Fsp3) is 0.692. The number of ether oxygens (including phenoxy) is 1. The van der Waals surface area contributed by atoms with E-state index in [9.17, 15) is 4.79 Å². The number of hydrogen-bond acceptors (Lipinski definition) is 3. The molecule has 2 rings (SSSR count). The minimum Gasteiger partial charge on any atom is -0.380 e. The summed E-state index contributed by atoms with van der Waals surface area (Å²) in [4.78, 5) is 15.8. The first-order chi connectivity index (χ1) is 9.29. The van der Waals surface area contributed by atoms with E-state index in [0.29, 0.717) is 32.2 Å². The zero-order chi connectivity index (χ0) is 13.5. The summed E-state index contributed by atoms with van der Waals surface area (Å²) in [5.74, 6) is 1.64. The van der Waals surface area contributed by atoms with E-state index < -0.39 is 0 Å². The third-order valence-corrected chi connectivity index (χ3v) is 3.32. The normalized spacial score (nSPS) is 17.8. The summed E-state index contributed by atoms with van der Waals surface area (Å²) in [6.45, 7) is 5.38. The lowest BCUT2D eigenvalue weighted by molar-refractivity contribution is 0.149. The van der Waals surface area contributed by atoms with Gasteiger partial charge in [-0.2, -0.15) is 0 Å². The maximum Gasteiger partial charge on any atom is 0.314 e. The van der Waals surface area contributed by atoms with Crippen molar-refractivity contribution in [1.29, 1.82) is 0 Å². The van der Waals surface area contributed by atoms with Gasteiger partial charge in [0.25, 0.3) is 0 Å². The SMILES string of the molecule is CCOCCNC(=O)NC[C@H]1CCc2nccn2C1. The highest BCUT2D eigenvalue weighted by atomic mass is 16.5.